The summed E-state index contributed by atoms with van der Waals surface area (Å²) < 4.78 is 2.30. The van der Waals surface area contributed by atoms with Crippen molar-refractivity contribution in [1.29, 1.82) is 5.41 Å². The molecule has 1 aliphatic heterocycles. The van der Waals surface area contributed by atoms with Crippen LogP contribution in [0.1, 0.15) is 30.0 Å². The topological polar surface area (TPSA) is 91.2 Å². The molecule has 0 amide bonds. The third-order valence-corrected chi connectivity index (χ3v) is 5.22. The fourth-order valence-corrected chi connectivity index (χ4v) is 3.61. The van der Waals surface area contributed by atoms with Gasteiger partial charge in [0.2, 0.25) is 0 Å². The lowest BCUT2D eigenvalue weighted by Gasteiger charge is -2.37. The number of likely N-dealkylation sites (tertiary alicyclic amines) is 1. The maximum absolute atomic E-state index is 9.80. The Hall–Kier alpha value is -2.51. The molecule has 1 saturated heterocycles. The van der Waals surface area contributed by atoms with Gasteiger partial charge in [0.1, 0.15) is 16.5 Å². The number of nitrogens with two attached hydrogens (primary N) is 1. The van der Waals surface area contributed by atoms with Crippen LogP contribution in [0.5, 0.6) is 0 Å². The predicted molar refractivity (Wildman–Crippen MR) is 106 cm³/mol. The van der Waals surface area contributed by atoms with Gasteiger partial charge >= 0.3 is 0 Å². The summed E-state index contributed by atoms with van der Waals surface area (Å²) in [7, 11) is 0. The highest BCUT2D eigenvalue weighted by Gasteiger charge is 2.26. The Labute approximate surface area is 158 Å². The molecule has 2 heterocycles. The number of nitrogens with one attached hydrogen (secondary N) is 1. The van der Waals surface area contributed by atoms with E-state index in [0.29, 0.717) is 10.2 Å². The van der Waals surface area contributed by atoms with Crippen LogP contribution in [0.4, 0.5) is 5.82 Å². The Morgan fingerprint density at radius 1 is 1.35 bits per heavy atom. The molecule has 7 heteroatoms. The van der Waals surface area contributed by atoms with Gasteiger partial charge in [-0.15, -0.1) is 0 Å². The van der Waals surface area contributed by atoms with Crippen molar-refractivity contribution >= 4 is 24.3 Å². The van der Waals surface area contributed by atoms with Crippen molar-refractivity contribution in [2.75, 3.05) is 18.8 Å². The van der Waals surface area contributed by atoms with E-state index in [1.807, 2.05) is 34.9 Å². The minimum absolute atomic E-state index is 0.245. The molecule has 1 unspecified atom stereocenters. The Bertz CT molecular complexity index is 856. The number of nitrogens with zero attached hydrogens (tertiary/aromatic N) is 3. The Kier molecular flexibility index (Phi) is 5.49. The number of rotatable bonds is 5. The first-order chi connectivity index (χ1) is 12.5. The molecule has 26 heavy (non-hydrogen) atoms. The Morgan fingerprint density at radius 3 is 2.62 bits per heavy atom. The summed E-state index contributed by atoms with van der Waals surface area (Å²) in [4.78, 5) is 6.41. The lowest BCUT2D eigenvalue weighted by molar-refractivity contribution is 0.0938. The summed E-state index contributed by atoms with van der Waals surface area (Å²) in [6.45, 7) is 5.83. The molecule has 1 aromatic heterocycles. The first-order valence-electron chi connectivity index (χ1n) is 8.56. The second kappa shape index (κ2) is 7.80. The smallest absolute Gasteiger partial charge is 0.136 e. The highest BCUT2D eigenvalue weighted by atomic mass is 32.1. The molecule has 1 aromatic carbocycles. The number of piperidine rings is 1. The third kappa shape index (κ3) is 3.54. The van der Waals surface area contributed by atoms with Crippen molar-refractivity contribution in [2.24, 2.45) is 0 Å². The molecule has 2 aromatic rings. The fourth-order valence-electron chi connectivity index (χ4n) is 3.29. The van der Waals surface area contributed by atoms with Crippen LogP contribution in [0.15, 0.2) is 48.9 Å². The van der Waals surface area contributed by atoms with Gasteiger partial charge < -0.3 is 25.7 Å². The van der Waals surface area contributed by atoms with Gasteiger partial charge in [0.15, 0.2) is 0 Å². The van der Waals surface area contributed by atoms with E-state index in [1.54, 1.807) is 6.33 Å². The predicted octanol–water partition coefficient (Wildman–Crippen LogP) is 2.75. The number of aliphatic hydroxyl groups is 1. The summed E-state index contributed by atoms with van der Waals surface area (Å²) in [5, 5.41) is 17.4. The van der Waals surface area contributed by atoms with Crippen LogP contribution in [-0.2, 0) is 0 Å². The van der Waals surface area contributed by atoms with Crippen molar-refractivity contribution in [3.8, 4) is 0 Å². The average molecular weight is 369 g/mol. The van der Waals surface area contributed by atoms with Crippen LogP contribution in [0.25, 0.3) is 0 Å². The number of benzene rings is 1. The molecule has 1 atom stereocenters. The standard InChI is InChI=1S/C19H23N5OS/c1-13(23-9-7-15(25)8-10-23)17(14-5-3-2-4-6-14)24-12-22-18(21)16(11-20)19(24)26/h2-6,11-12,15,17,20,25H,1,7-10,21H2. The van der Waals surface area contributed by atoms with E-state index in [-0.39, 0.29) is 18.0 Å². The number of hydrogen-bond donors (Lipinski definition) is 3. The van der Waals surface area contributed by atoms with Crippen molar-refractivity contribution in [1.82, 2.24) is 14.5 Å². The van der Waals surface area contributed by atoms with E-state index in [0.717, 1.165) is 43.4 Å². The molecule has 0 spiro atoms. The normalized spacial score (nSPS) is 16.3. The van der Waals surface area contributed by atoms with E-state index in [4.69, 9.17) is 23.4 Å². The van der Waals surface area contributed by atoms with Crippen LogP contribution in [0, 0.1) is 10.0 Å². The SMILES string of the molecule is C=C(C(c1ccccc1)n1cnc(N)c(C=N)c1=S)N1CCC(O)CC1. The van der Waals surface area contributed by atoms with Crippen molar-refractivity contribution in [3.63, 3.8) is 0 Å². The lowest BCUT2D eigenvalue weighted by atomic mass is 10.00. The number of aromatic nitrogens is 2. The lowest BCUT2D eigenvalue weighted by Crippen LogP contribution is -2.38. The Balaban J connectivity index is 2.07. The second-order valence-electron chi connectivity index (χ2n) is 6.42. The van der Waals surface area contributed by atoms with Crippen LogP contribution in [-0.4, -0.2) is 45.0 Å². The first kappa shape index (κ1) is 18.3. The highest BCUT2D eigenvalue weighted by Crippen LogP contribution is 2.30. The zero-order valence-electron chi connectivity index (χ0n) is 14.5. The quantitative estimate of drug-likeness (QED) is 0.557. The van der Waals surface area contributed by atoms with Crippen LogP contribution >= 0.6 is 12.2 Å². The number of allylic oxidation sites excluding steroid dienone is 1. The van der Waals surface area contributed by atoms with E-state index >= 15 is 0 Å². The molecule has 0 radical (unpaired) electrons. The van der Waals surface area contributed by atoms with Gasteiger partial charge in [0, 0.05) is 25.0 Å². The van der Waals surface area contributed by atoms with Crippen molar-refractivity contribution < 1.29 is 5.11 Å². The van der Waals surface area contributed by atoms with Crippen molar-refractivity contribution in [3.05, 3.63) is 64.7 Å². The monoisotopic (exact) mass is 369 g/mol. The van der Waals surface area contributed by atoms with Gasteiger partial charge in [0.25, 0.3) is 0 Å². The minimum atomic E-state index is -0.251. The summed E-state index contributed by atoms with van der Waals surface area (Å²) in [6, 6.07) is 9.71. The molecular weight excluding hydrogens is 346 g/mol. The molecule has 136 valence electrons. The molecule has 0 bridgehead atoms. The van der Waals surface area contributed by atoms with Gasteiger partial charge in [-0.3, -0.25) is 0 Å². The summed E-state index contributed by atoms with van der Waals surface area (Å²) in [5.41, 5.74) is 8.23. The van der Waals surface area contributed by atoms with Crippen molar-refractivity contribution in [2.45, 2.75) is 25.0 Å². The Morgan fingerprint density at radius 2 is 2.00 bits per heavy atom. The van der Waals surface area contributed by atoms with Gasteiger partial charge in [0.05, 0.1) is 18.0 Å². The summed E-state index contributed by atoms with van der Waals surface area (Å²) in [6.07, 6.45) is 3.95. The molecule has 0 aliphatic carbocycles. The third-order valence-electron chi connectivity index (χ3n) is 4.79. The van der Waals surface area contributed by atoms with E-state index in [2.05, 4.69) is 16.5 Å². The van der Waals surface area contributed by atoms with Gasteiger partial charge in [-0.2, -0.15) is 0 Å². The minimum Gasteiger partial charge on any atom is -0.393 e. The van der Waals surface area contributed by atoms with Crippen LogP contribution in [0.2, 0.25) is 0 Å². The molecule has 0 saturated carbocycles. The number of nitrogen functional groups attached to an aromatic ring is 1. The summed E-state index contributed by atoms with van der Waals surface area (Å²) >= 11 is 5.59. The van der Waals surface area contributed by atoms with E-state index in [1.165, 1.54) is 0 Å². The zero-order valence-corrected chi connectivity index (χ0v) is 15.3. The van der Waals surface area contributed by atoms with Gasteiger partial charge in [-0.1, -0.05) is 49.1 Å². The molecule has 4 N–H and O–H groups in total. The average Bonchev–Trinajstić information content (AvgIpc) is 2.65. The molecule has 1 fully saturated rings. The van der Waals surface area contributed by atoms with Crippen LogP contribution in [0.3, 0.4) is 0 Å². The maximum Gasteiger partial charge on any atom is 0.136 e. The molecule has 6 nitrogen and oxygen atoms in total. The van der Waals surface area contributed by atoms with Crippen LogP contribution < -0.4 is 5.73 Å². The fraction of sp³-hybridized carbons (Fsp3) is 0.316. The first-order valence-corrected chi connectivity index (χ1v) is 8.97. The molecular formula is C19H23N5OS. The molecule has 1 aliphatic rings. The summed E-state index contributed by atoms with van der Waals surface area (Å²) in [5.74, 6) is 0.250. The molecule has 3 rings (SSSR count). The van der Waals surface area contributed by atoms with E-state index in [9.17, 15) is 5.11 Å². The maximum atomic E-state index is 9.80. The van der Waals surface area contributed by atoms with Gasteiger partial charge in [-0.25, -0.2) is 4.98 Å². The second-order valence-corrected chi connectivity index (χ2v) is 6.81. The largest absolute Gasteiger partial charge is 0.393 e. The number of anilines is 1. The number of hydrogen-bond acceptors (Lipinski definition) is 6. The zero-order chi connectivity index (χ0) is 18.7. The number of aliphatic hydroxyl groups excluding tert-OH is 1. The van der Waals surface area contributed by atoms with E-state index < -0.39 is 0 Å². The van der Waals surface area contributed by atoms with Gasteiger partial charge in [-0.05, 0) is 18.4 Å². The highest BCUT2D eigenvalue weighted by molar-refractivity contribution is 7.71.